The molecule has 1 aliphatic rings. The zero-order valence-electron chi connectivity index (χ0n) is 15.1. The predicted molar refractivity (Wildman–Crippen MR) is 104 cm³/mol. The van der Waals surface area contributed by atoms with Crippen LogP contribution in [0.25, 0.3) is 6.08 Å². The molecule has 2 aromatic carbocycles. The van der Waals surface area contributed by atoms with Crippen molar-refractivity contribution in [1.29, 1.82) is 0 Å². The number of nitrogens with zero attached hydrogens (tertiary/aromatic N) is 1. The van der Waals surface area contributed by atoms with Gasteiger partial charge in [0, 0.05) is 5.69 Å². The van der Waals surface area contributed by atoms with E-state index in [1.807, 2.05) is 19.1 Å². The molecular weight excluding hydrogens is 405 g/mol. The summed E-state index contributed by atoms with van der Waals surface area (Å²) in [6.07, 6.45) is -3.13. The molecule has 1 N–H and O–H groups in total. The molecule has 150 valence electrons. The van der Waals surface area contributed by atoms with E-state index in [4.69, 9.17) is 0 Å². The molecule has 3 amide bonds. The number of benzene rings is 2. The molecule has 1 heterocycles. The van der Waals surface area contributed by atoms with Crippen LogP contribution in [0.4, 0.5) is 23.7 Å². The van der Waals surface area contributed by atoms with Gasteiger partial charge < -0.3 is 5.32 Å². The molecule has 0 aromatic heterocycles. The number of hydrogen-bond acceptors (Lipinski definition) is 4. The Bertz CT molecular complexity index is 984. The highest BCUT2D eigenvalue weighted by atomic mass is 32.2. The predicted octanol–water partition coefficient (Wildman–Crippen LogP) is 4.69. The summed E-state index contributed by atoms with van der Waals surface area (Å²) in [7, 11) is 0. The number of rotatable bonds is 4. The van der Waals surface area contributed by atoms with Crippen LogP contribution in [0.15, 0.2) is 53.4 Å². The molecule has 0 bridgehead atoms. The van der Waals surface area contributed by atoms with Gasteiger partial charge in [0.1, 0.15) is 6.54 Å². The maximum Gasteiger partial charge on any atom is 0.416 e. The Morgan fingerprint density at radius 3 is 2.28 bits per heavy atom. The molecule has 29 heavy (non-hydrogen) atoms. The molecule has 1 fully saturated rings. The number of nitrogens with one attached hydrogen (secondary N) is 1. The quantitative estimate of drug-likeness (QED) is 0.729. The maximum absolute atomic E-state index is 12.6. The van der Waals surface area contributed by atoms with Gasteiger partial charge in [-0.2, -0.15) is 13.2 Å². The van der Waals surface area contributed by atoms with Crippen molar-refractivity contribution in [3.63, 3.8) is 0 Å². The number of hydrogen-bond donors (Lipinski definition) is 1. The topological polar surface area (TPSA) is 66.5 Å². The van der Waals surface area contributed by atoms with Gasteiger partial charge in [-0.15, -0.1) is 0 Å². The number of carbonyl (C=O) groups excluding carboxylic acids is 3. The van der Waals surface area contributed by atoms with Gasteiger partial charge in [-0.3, -0.25) is 19.3 Å². The fraction of sp³-hybridized carbons (Fsp3) is 0.150. The van der Waals surface area contributed by atoms with E-state index in [0.717, 1.165) is 22.6 Å². The van der Waals surface area contributed by atoms with Crippen LogP contribution < -0.4 is 5.32 Å². The van der Waals surface area contributed by atoms with E-state index in [9.17, 15) is 27.6 Å². The maximum atomic E-state index is 12.6. The second-order valence-corrected chi connectivity index (χ2v) is 7.30. The van der Waals surface area contributed by atoms with Crippen LogP contribution in [0.2, 0.25) is 0 Å². The van der Waals surface area contributed by atoms with Crippen LogP contribution in [0.1, 0.15) is 16.7 Å². The number of amides is 3. The molecule has 0 spiro atoms. The minimum Gasteiger partial charge on any atom is -0.325 e. The van der Waals surface area contributed by atoms with Crippen LogP contribution >= 0.6 is 11.8 Å². The zero-order chi connectivity index (χ0) is 21.2. The Morgan fingerprint density at radius 1 is 1.07 bits per heavy atom. The first kappa shape index (κ1) is 20.7. The number of anilines is 1. The molecule has 0 aliphatic carbocycles. The Morgan fingerprint density at radius 2 is 1.69 bits per heavy atom. The molecule has 5 nitrogen and oxygen atoms in total. The normalized spacial score (nSPS) is 15.9. The molecule has 9 heteroatoms. The van der Waals surface area contributed by atoms with Crippen molar-refractivity contribution >= 4 is 40.6 Å². The van der Waals surface area contributed by atoms with Gasteiger partial charge in [0.05, 0.1) is 10.5 Å². The van der Waals surface area contributed by atoms with Gasteiger partial charge in [0.2, 0.25) is 5.91 Å². The summed E-state index contributed by atoms with van der Waals surface area (Å²) in [5.74, 6) is -1.20. The SMILES string of the molecule is Cc1ccc(NC(=O)CN2C(=O)S/C(=C\c3ccc(C(F)(F)F)cc3)C2=O)cc1. The van der Waals surface area contributed by atoms with Crippen molar-refractivity contribution in [2.75, 3.05) is 11.9 Å². The lowest BCUT2D eigenvalue weighted by Crippen LogP contribution is -2.36. The van der Waals surface area contributed by atoms with E-state index in [1.54, 1.807) is 12.1 Å². The van der Waals surface area contributed by atoms with Gasteiger partial charge in [0.25, 0.3) is 11.1 Å². The van der Waals surface area contributed by atoms with Crippen LogP contribution in [0.5, 0.6) is 0 Å². The van der Waals surface area contributed by atoms with Crippen LogP contribution in [0.3, 0.4) is 0 Å². The molecule has 0 unspecified atom stereocenters. The highest BCUT2D eigenvalue weighted by molar-refractivity contribution is 8.18. The van der Waals surface area contributed by atoms with Gasteiger partial charge in [-0.05, 0) is 54.6 Å². The number of aryl methyl sites for hydroxylation is 1. The molecule has 1 saturated heterocycles. The van der Waals surface area contributed by atoms with E-state index in [0.29, 0.717) is 23.0 Å². The molecule has 0 atom stereocenters. The third-order valence-corrected chi connectivity index (χ3v) is 4.95. The first-order valence-electron chi connectivity index (χ1n) is 8.42. The summed E-state index contributed by atoms with van der Waals surface area (Å²) in [6.45, 7) is 1.44. The van der Waals surface area contributed by atoms with Crippen molar-refractivity contribution in [2.45, 2.75) is 13.1 Å². The smallest absolute Gasteiger partial charge is 0.325 e. The van der Waals surface area contributed by atoms with Gasteiger partial charge >= 0.3 is 6.18 Å². The molecular formula is C20H15F3N2O3S. The van der Waals surface area contributed by atoms with E-state index in [2.05, 4.69) is 5.32 Å². The van der Waals surface area contributed by atoms with Gasteiger partial charge in [-0.1, -0.05) is 29.8 Å². The standard InChI is InChI=1S/C20H15F3N2O3S/c1-12-2-8-15(9-3-12)24-17(26)11-25-18(27)16(29-19(25)28)10-13-4-6-14(7-5-13)20(21,22)23/h2-10H,11H2,1H3,(H,24,26)/b16-10-. The lowest BCUT2D eigenvalue weighted by molar-refractivity contribution is -0.137. The van der Waals surface area contributed by atoms with E-state index < -0.39 is 35.3 Å². The van der Waals surface area contributed by atoms with Crippen LogP contribution in [-0.4, -0.2) is 28.5 Å². The molecule has 3 rings (SSSR count). The Balaban J connectivity index is 1.68. The lowest BCUT2D eigenvalue weighted by atomic mass is 10.1. The molecule has 0 saturated carbocycles. The van der Waals surface area contributed by atoms with Crippen molar-refractivity contribution in [2.24, 2.45) is 0 Å². The van der Waals surface area contributed by atoms with E-state index >= 15 is 0 Å². The summed E-state index contributed by atoms with van der Waals surface area (Å²) in [5.41, 5.74) is 1.08. The lowest BCUT2D eigenvalue weighted by Gasteiger charge is -2.12. The second-order valence-electron chi connectivity index (χ2n) is 6.30. The van der Waals surface area contributed by atoms with E-state index in [-0.39, 0.29) is 4.91 Å². The third-order valence-electron chi connectivity index (χ3n) is 4.05. The fourth-order valence-corrected chi connectivity index (χ4v) is 3.38. The Labute approximate surface area is 168 Å². The minimum atomic E-state index is -4.46. The molecule has 2 aromatic rings. The van der Waals surface area contributed by atoms with E-state index in [1.165, 1.54) is 18.2 Å². The Kier molecular flexibility index (Phi) is 5.78. The third kappa shape index (κ3) is 5.05. The summed E-state index contributed by atoms with van der Waals surface area (Å²) in [5, 5.41) is 1.98. The van der Waals surface area contributed by atoms with Crippen molar-refractivity contribution in [1.82, 2.24) is 4.90 Å². The van der Waals surface area contributed by atoms with Crippen molar-refractivity contribution < 1.29 is 27.6 Å². The fourth-order valence-electron chi connectivity index (χ4n) is 2.54. The number of alkyl halides is 3. The average Bonchev–Trinajstić information content (AvgIpc) is 2.91. The highest BCUT2D eigenvalue weighted by Crippen LogP contribution is 2.33. The number of carbonyl (C=O) groups is 3. The summed E-state index contributed by atoms with van der Waals surface area (Å²) >= 11 is 0.633. The number of halogens is 3. The van der Waals surface area contributed by atoms with Crippen molar-refractivity contribution in [3.8, 4) is 0 Å². The Hall–Kier alpha value is -3.07. The average molecular weight is 420 g/mol. The van der Waals surface area contributed by atoms with Crippen LogP contribution in [0, 0.1) is 6.92 Å². The van der Waals surface area contributed by atoms with Crippen molar-refractivity contribution in [3.05, 3.63) is 70.1 Å². The summed E-state index contributed by atoms with van der Waals surface area (Å²) in [6, 6.07) is 11.2. The van der Waals surface area contributed by atoms with Gasteiger partial charge in [0.15, 0.2) is 0 Å². The first-order valence-corrected chi connectivity index (χ1v) is 9.24. The summed E-state index contributed by atoms with van der Waals surface area (Å²) < 4.78 is 37.9. The zero-order valence-corrected chi connectivity index (χ0v) is 15.9. The summed E-state index contributed by atoms with van der Waals surface area (Å²) in [4.78, 5) is 37.5. The van der Waals surface area contributed by atoms with Crippen LogP contribution in [-0.2, 0) is 15.8 Å². The monoisotopic (exact) mass is 420 g/mol. The van der Waals surface area contributed by atoms with Gasteiger partial charge in [-0.25, -0.2) is 0 Å². The second kappa shape index (κ2) is 8.12. The highest BCUT2D eigenvalue weighted by Gasteiger charge is 2.36. The minimum absolute atomic E-state index is 0.0397. The first-order chi connectivity index (χ1) is 13.6. The molecule has 1 aliphatic heterocycles. The number of imide groups is 1. The number of thioether (sulfide) groups is 1. The largest absolute Gasteiger partial charge is 0.416 e. The molecule has 0 radical (unpaired) electrons.